The summed E-state index contributed by atoms with van der Waals surface area (Å²) in [6.45, 7) is 0. The molecule has 0 spiro atoms. The highest BCUT2D eigenvalue weighted by Crippen LogP contribution is 2.33. The van der Waals surface area contributed by atoms with Crippen LogP contribution in [0.3, 0.4) is 0 Å². The van der Waals surface area contributed by atoms with Crippen LogP contribution in [0, 0.1) is 0 Å². The first-order valence-electron chi connectivity index (χ1n) is 5.53. The second kappa shape index (κ2) is 6.14. The maximum atomic E-state index is 12.3. The van der Waals surface area contributed by atoms with E-state index in [1.54, 1.807) is 0 Å². The smallest absolute Gasteiger partial charge is 0.229 e. The number of alkyl halides is 1. The number of nitrogens with one attached hydrogen (secondary N) is 1. The second-order valence-corrected chi connectivity index (χ2v) is 10.6. The standard InChI is InChI=1S/C10H9BrCl3NO4S2/c11-5-1-6(12)10(7(13)2-5)21(18,19)15-9-4-20(16,17)3-8(9)14/h1-2,8-9,15H,3-4H2. The second-order valence-electron chi connectivity index (χ2n) is 4.52. The molecule has 118 valence electrons. The quantitative estimate of drug-likeness (QED) is 0.707. The van der Waals surface area contributed by atoms with Crippen LogP contribution in [-0.4, -0.2) is 39.8 Å². The van der Waals surface area contributed by atoms with Crippen LogP contribution in [0.4, 0.5) is 0 Å². The molecule has 0 radical (unpaired) electrons. The zero-order valence-corrected chi connectivity index (χ0v) is 15.7. The molecule has 1 N–H and O–H groups in total. The van der Waals surface area contributed by atoms with Gasteiger partial charge < -0.3 is 0 Å². The summed E-state index contributed by atoms with van der Waals surface area (Å²) in [4.78, 5) is -0.304. The van der Waals surface area contributed by atoms with E-state index in [0.717, 1.165) is 0 Å². The monoisotopic (exact) mass is 455 g/mol. The molecule has 2 atom stereocenters. The molecule has 2 unspecified atom stereocenters. The Labute approximate surface area is 146 Å². The Hall–Kier alpha value is 0.430. The van der Waals surface area contributed by atoms with Crippen molar-refractivity contribution in [3.8, 4) is 0 Å². The first-order chi connectivity index (χ1) is 9.52. The van der Waals surface area contributed by atoms with Crippen LogP contribution < -0.4 is 4.72 Å². The Bertz CT molecular complexity index is 758. The van der Waals surface area contributed by atoms with E-state index >= 15 is 0 Å². The Morgan fingerprint density at radius 3 is 2.14 bits per heavy atom. The van der Waals surface area contributed by atoms with Gasteiger partial charge in [-0.25, -0.2) is 21.6 Å². The molecule has 1 heterocycles. The number of rotatable bonds is 3. The number of sulfonamides is 1. The molecule has 1 aliphatic heterocycles. The van der Waals surface area contributed by atoms with Crippen LogP contribution >= 0.6 is 50.7 Å². The number of hydrogen-bond acceptors (Lipinski definition) is 4. The molecule has 1 saturated heterocycles. The van der Waals surface area contributed by atoms with E-state index in [0.29, 0.717) is 4.47 Å². The third kappa shape index (κ3) is 4.04. The van der Waals surface area contributed by atoms with Crippen molar-refractivity contribution < 1.29 is 16.8 Å². The topological polar surface area (TPSA) is 80.3 Å². The summed E-state index contributed by atoms with van der Waals surface area (Å²) in [5.74, 6) is -0.629. The highest BCUT2D eigenvalue weighted by molar-refractivity contribution is 9.10. The highest BCUT2D eigenvalue weighted by atomic mass is 79.9. The molecule has 0 aromatic heterocycles. The van der Waals surface area contributed by atoms with Gasteiger partial charge >= 0.3 is 0 Å². The SMILES string of the molecule is O=S1(=O)CC(Cl)C(NS(=O)(=O)c2c(Cl)cc(Br)cc2Cl)C1. The van der Waals surface area contributed by atoms with Gasteiger partial charge in [0, 0.05) is 4.47 Å². The number of benzene rings is 1. The average molecular weight is 458 g/mol. The van der Waals surface area contributed by atoms with Gasteiger partial charge in [-0.15, -0.1) is 11.6 Å². The van der Waals surface area contributed by atoms with Crippen LogP contribution in [0.25, 0.3) is 0 Å². The number of sulfone groups is 1. The van der Waals surface area contributed by atoms with Crippen molar-refractivity contribution in [2.45, 2.75) is 16.3 Å². The lowest BCUT2D eigenvalue weighted by atomic mass is 10.3. The molecule has 0 amide bonds. The van der Waals surface area contributed by atoms with Gasteiger partial charge in [0.1, 0.15) is 4.90 Å². The minimum Gasteiger partial charge on any atom is -0.229 e. The van der Waals surface area contributed by atoms with Gasteiger partial charge in [0.2, 0.25) is 10.0 Å². The van der Waals surface area contributed by atoms with Gasteiger partial charge in [0.15, 0.2) is 9.84 Å². The Morgan fingerprint density at radius 2 is 1.71 bits per heavy atom. The molecular formula is C10H9BrCl3NO4S2. The van der Waals surface area contributed by atoms with Crippen molar-refractivity contribution >= 4 is 70.6 Å². The maximum Gasteiger partial charge on any atom is 0.243 e. The lowest BCUT2D eigenvalue weighted by Crippen LogP contribution is -2.40. The fourth-order valence-corrected chi connectivity index (χ4v) is 7.90. The van der Waals surface area contributed by atoms with Crippen LogP contribution in [0.1, 0.15) is 0 Å². The molecular weight excluding hydrogens is 449 g/mol. The Kier molecular flexibility index (Phi) is 5.20. The van der Waals surface area contributed by atoms with E-state index in [9.17, 15) is 16.8 Å². The zero-order valence-electron chi connectivity index (χ0n) is 10.2. The van der Waals surface area contributed by atoms with Crippen LogP contribution in [0.2, 0.25) is 10.0 Å². The van der Waals surface area contributed by atoms with Crippen LogP contribution in [-0.2, 0) is 19.9 Å². The summed E-state index contributed by atoms with van der Waals surface area (Å²) in [5.41, 5.74) is 0. The van der Waals surface area contributed by atoms with Gasteiger partial charge in [-0.1, -0.05) is 39.1 Å². The van der Waals surface area contributed by atoms with E-state index < -0.39 is 31.3 Å². The molecule has 0 bridgehead atoms. The Balaban J connectivity index is 2.37. The van der Waals surface area contributed by atoms with E-state index in [4.69, 9.17) is 34.8 Å². The van der Waals surface area contributed by atoms with Crippen molar-refractivity contribution in [3.05, 3.63) is 26.7 Å². The van der Waals surface area contributed by atoms with E-state index in [-0.39, 0.29) is 26.4 Å². The van der Waals surface area contributed by atoms with Crippen LogP contribution in [0.5, 0.6) is 0 Å². The molecule has 1 aliphatic rings. The van der Waals surface area contributed by atoms with Crippen molar-refractivity contribution in [1.82, 2.24) is 4.72 Å². The summed E-state index contributed by atoms with van der Waals surface area (Å²) in [7, 11) is -7.45. The van der Waals surface area contributed by atoms with Crippen molar-refractivity contribution in [2.24, 2.45) is 0 Å². The van der Waals surface area contributed by atoms with E-state index in [1.165, 1.54) is 12.1 Å². The fraction of sp³-hybridized carbons (Fsp3) is 0.400. The number of halogens is 4. The molecule has 1 aromatic rings. The highest BCUT2D eigenvalue weighted by Gasteiger charge is 2.39. The number of hydrogen-bond donors (Lipinski definition) is 1. The van der Waals surface area contributed by atoms with E-state index in [1.807, 2.05) is 0 Å². The summed E-state index contributed by atoms with van der Waals surface area (Å²) in [6.07, 6.45) is 0. The lowest BCUT2D eigenvalue weighted by Gasteiger charge is -2.16. The Morgan fingerprint density at radius 1 is 1.19 bits per heavy atom. The molecule has 2 rings (SSSR count). The fourth-order valence-electron chi connectivity index (χ4n) is 1.96. The molecule has 1 fully saturated rings. The van der Waals surface area contributed by atoms with Gasteiger partial charge in [-0.2, -0.15) is 0 Å². The van der Waals surface area contributed by atoms with Crippen LogP contribution in [0.15, 0.2) is 21.5 Å². The summed E-state index contributed by atoms with van der Waals surface area (Å²) >= 11 is 20.8. The first kappa shape index (κ1) is 17.8. The van der Waals surface area contributed by atoms with Gasteiger partial charge in [0.25, 0.3) is 0 Å². The summed E-state index contributed by atoms with van der Waals surface area (Å²) < 4.78 is 50.4. The van der Waals surface area contributed by atoms with Crippen molar-refractivity contribution in [1.29, 1.82) is 0 Å². The predicted octanol–water partition coefficient (Wildman–Crippen LogP) is 2.44. The summed E-state index contributed by atoms with van der Waals surface area (Å²) in [6, 6.07) is 1.84. The third-order valence-electron chi connectivity index (χ3n) is 2.82. The molecule has 0 saturated carbocycles. The minimum absolute atomic E-state index is 0.0751. The minimum atomic E-state index is -4.09. The average Bonchev–Trinajstić information content (AvgIpc) is 2.48. The van der Waals surface area contributed by atoms with E-state index in [2.05, 4.69) is 20.7 Å². The van der Waals surface area contributed by atoms with Gasteiger partial charge in [-0.3, -0.25) is 0 Å². The third-order valence-corrected chi connectivity index (χ3v) is 8.07. The molecule has 1 aromatic carbocycles. The van der Waals surface area contributed by atoms with Crippen molar-refractivity contribution in [3.63, 3.8) is 0 Å². The van der Waals surface area contributed by atoms with Crippen molar-refractivity contribution in [2.75, 3.05) is 11.5 Å². The summed E-state index contributed by atoms with van der Waals surface area (Å²) in [5, 5.41) is -0.986. The molecule has 0 aliphatic carbocycles. The van der Waals surface area contributed by atoms with Gasteiger partial charge in [-0.05, 0) is 12.1 Å². The molecule has 11 heteroatoms. The first-order valence-corrected chi connectivity index (χ1v) is 10.8. The lowest BCUT2D eigenvalue weighted by molar-refractivity contribution is 0.563. The van der Waals surface area contributed by atoms with Gasteiger partial charge in [0.05, 0.1) is 33.0 Å². The predicted molar refractivity (Wildman–Crippen MR) is 86.6 cm³/mol. The largest absolute Gasteiger partial charge is 0.243 e. The molecule has 21 heavy (non-hydrogen) atoms. The maximum absolute atomic E-state index is 12.3. The molecule has 5 nitrogen and oxygen atoms in total. The normalized spacial score (nSPS) is 25.1. The zero-order chi connectivity index (χ0) is 16.0.